The molecule has 2 amide bonds. The van der Waals surface area contributed by atoms with Gasteiger partial charge in [-0.05, 0) is 47.5 Å². The molecule has 1 fully saturated rings. The highest BCUT2D eigenvalue weighted by Crippen LogP contribution is 2.12. The summed E-state index contributed by atoms with van der Waals surface area (Å²) in [6, 6.07) is 6.32. The first-order chi connectivity index (χ1) is 13.1. The number of urea groups is 1. The van der Waals surface area contributed by atoms with Crippen molar-refractivity contribution in [1.82, 2.24) is 35.3 Å². The molecule has 0 spiro atoms. The Labute approximate surface area is 158 Å². The van der Waals surface area contributed by atoms with E-state index in [-0.39, 0.29) is 17.9 Å². The number of benzene rings is 1. The summed E-state index contributed by atoms with van der Waals surface area (Å²) in [6.07, 6.45) is 1.88. The third-order valence-electron chi connectivity index (χ3n) is 4.94. The Morgan fingerprint density at radius 3 is 2.44 bits per heavy atom. The molecule has 1 saturated heterocycles. The Balaban J connectivity index is 1.55. The lowest BCUT2D eigenvalue weighted by Gasteiger charge is -2.35. The van der Waals surface area contributed by atoms with Crippen LogP contribution >= 0.6 is 0 Å². The van der Waals surface area contributed by atoms with Crippen LogP contribution in [0.15, 0.2) is 24.3 Å². The molecule has 1 aromatic carbocycles. The van der Waals surface area contributed by atoms with Crippen LogP contribution in [0, 0.1) is 5.82 Å². The van der Waals surface area contributed by atoms with Crippen LogP contribution in [0.5, 0.6) is 0 Å². The van der Waals surface area contributed by atoms with E-state index in [0.717, 1.165) is 31.6 Å². The third kappa shape index (κ3) is 4.79. The minimum atomic E-state index is -0.295. The molecule has 27 heavy (non-hydrogen) atoms. The van der Waals surface area contributed by atoms with Crippen LogP contribution in [0.2, 0.25) is 0 Å². The van der Waals surface area contributed by atoms with Crippen molar-refractivity contribution in [2.45, 2.75) is 39.3 Å². The molecule has 2 aromatic rings. The molecule has 0 radical (unpaired) electrons. The zero-order valence-corrected chi connectivity index (χ0v) is 15.8. The zero-order valence-electron chi connectivity index (χ0n) is 15.8. The van der Waals surface area contributed by atoms with E-state index in [1.807, 2.05) is 4.90 Å². The predicted octanol–water partition coefficient (Wildman–Crippen LogP) is 1.82. The Bertz CT molecular complexity index is 736. The first kappa shape index (κ1) is 19.2. The molecule has 1 aliphatic rings. The zero-order chi connectivity index (χ0) is 19.2. The van der Waals surface area contributed by atoms with Gasteiger partial charge in [-0.25, -0.2) is 9.18 Å². The van der Waals surface area contributed by atoms with Gasteiger partial charge in [-0.15, -0.1) is 5.10 Å². The van der Waals surface area contributed by atoms with E-state index in [1.54, 1.807) is 16.8 Å². The van der Waals surface area contributed by atoms with Gasteiger partial charge in [-0.2, -0.15) is 4.68 Å². The molecule has 0 aliphatic carbocycles. The van der Waals surface area contributed by atoms with E-state index in [9.17, 15) is 9.18 Å². The summed E-state index contributed by atoms with van der Waals surface area (Å²) in [5.41, 5.74) is 0.722. The number of aromatic nitrogens is 4. The number of carbonyl (C=O) groups excluding carboxylic acids is 1. The van der Waals surface area contributed by atoms with Crippen molar-refractivity contribution in [2.75, 3.05) is 26.2 Å². The van der Waals surface area contributed by atoms with Crippen molar-refractivity contribution in [3.05, 3.63) is 35.9 Å². The van der Waals surface area contributed by atoms with Crippen LogP contribution in [0.4, 0.5) is 9.18 Å². The minimum absolute atomic E-state index is 0.0134. The van der Waals surface area contributed by atoms with Gasteiger partial charge >= 0.3 is 6.03 Å². The molecule has 0 atom stereocenters. The topological polar surface area (TPSA) is 79.2 Å². The summed E-state index contributed by atoms with van der Waals surface area (Å²) in [7, 11) is 0. The summed E-state index contributed by atoms with van der Waals surface area (Å²) in [4.78, 5) is 16.4. The number of carbonyl (C=O) groups is 1. The van der Waals surface area contributed by atoms with Gasteiger partial charge < -0.3 is 10.2 Å². The number of hydrogen-bond acceptors (Lipinski definition) is 5. The summed E-state index contributed by atoms with van der Waals surface area (Å²) in [5.74, 6) is 0.396. The first-order valence-corrected chi connectivity index (χ1v) is 9.41. The highest BCUT2D eigenvalue weighted by Gasteiger charge is 2.23. The molecular formula is C18H26FN7O. The van der Waals surface area contributed by atoms with Gasteiger partial charge in [-0.1, -0.05) is 13.8 Å². The molecule has 1 aliphatic heterocycles. The largest absolute Gasteiger partial charge is 0.335 e. The van der Waals surface area contributed by atoms with Crippen molar-refractivity contribution < 1.29 is 9.18 Å². The summed E-state index contributed by atoms with van der Waals surface area (Å²) in [6.45, 7) is 7.59. The summed E-state index contributed by atoms with van der Waals surface area (Å²) >= 11 is 0. The number of amides is 2. The fourth-order valence-electron chi connectivity index (χ4n) is 3.15. The Hall–Kier alpha value is -2.55. The van der Waals surface area contributed by atoms with E-state index < -0.39 is 0 Å². The summed E-state index contributed by atoms with van der Waals surface area (Å²) < 4.78 is 14.7. The number of hydrogen-bond donors (Lipinski definition) is 1. The molecular weight excluding hydrogens is 349 g/mol. The van der Waals surface area contributed by atoms with E-state index in [2.05, 4.69) is 39.6 Å². The number of nitrogens with one attached hydrogen (secondary N) is 1. The van der Waals surface area contributed by atoms with Gasteiger partial charge in [0.15, 0.2) is 5.82 Å². The van der Waals surface area contributed by atoms with Crippen LogP contribution in [0.3, 0.4) is 0 Å². The standard InChI is InChI=1S/C18H26FN7O/c1-3-15(4-2)20-18(27)25-11-9-24(10-12-25)13-17-21-22-23-26(17)16-7-5-14(19)6-8-16/h5-8,15H,3-4,9-13H2,1-2H3,(H,20,27). The average Bonchev–Trinajstić information content (AvgIpc) is 3.15. The molecule has 2 heterocycles. The smallest absolute Gasteiger partial charge is 0.317 e. The molecule has 3 rings (SSSR count). The number of rotatable bonds is 6. The van der Waals surface area contributed by atoms with Crippen LogP contribution in [0.25, 0.3) is 5.69 Å². The molecule has 1 N–H and O–H groups in total. The highest BCUT2D eigenvalue weighted by molar-refractivity contribution is 5.74. The van der Waals surface area contributed by atoms with Crippen molar-refractivity contribution >= 4 is 6.03 Å². The first-order valence-electron chi connectivity index (χ1n) is 9.41. The molecule has 9 heteroatoms. The maximum Gasteiger partial charge on any atom is 0.317 e. The van der Waals surface area contributed by atoms with Gasteiger partial charge in [0.1, 0.15) is 5.82 Å². The maximum atomic E-state index is 13.1. The number of tetrazole rings is 1. The lowest BCUT2D eigenvalue weighted by molar-refractivity contribution is 0.130. The van der Waals surface area contributed by atoms with Crippen molar-refractivity contribution in [3.8, 4) is 5.69 Å². The van der Waals surface area contributed by atoms with Crippen LogP contribution in [-0.4, -0.2) is 68.3 Å². The average molecular weight is 375 g/mol. The third-order valence-corrected chi connectivity index (χ3v) is 4.94. The Morgan fingerprint density at radius 2 is 1.81 bits per heavy atom. The van der Waals surface area contributed by atoms with Crippen molar-refractivity contribution in [1.29, 1.82) is 0 Å². The fraction of sp³-hybridized carbons (Fsp3) is 0.556. The maximum absolute atomic E-state index is 13.1. The predicted molar refractivity (Wildman–Crippen MR) is 98.9 cm³/mol. The van der Waals surface area contributed by atoms with Gasteiger partial charge in [0, 0.05) is 32.2 Å². The SMILES string of the molecule is CCC(CC)NC(=O)N1CCN(Cc2nnnn2-c2ccc(F)cc2)CC1. The molecule has 8 nitrogen and oxygen atoms in total. The quantitative estimate of drug-likeness (QED) is 0.833. The van der Waals surface area contributed by atoms with E-state index >= 15 is 0 Å². The normalized spacial score (nSPS) is 15.3. The second-order valence-corrected chi connectivity index (χ2v) is 6.71. The monoisotopic (exact) mass is 375 g/mol. The minimum Gasteiger partial charge on any atom is -0.335 e. The molecule has 146 valence electrons. The van der Waals surface area contributed by atoms with Crippen LogP contribution < -0.4 is 5.32 Å². The number of nitrogens with zero attached hydrogens (tertiary/aromatic N) is 6. The van der Waals surface area contributed by atoms with E-state index in [4.69, 9.17) is 0 Å². The van der Waals surface area contributed by atoms with E-state index in [1.165, 1.54) is 12.1 Å². The van der Waals surface area contributed by atoms with E-state index in [0.29, 0.717) is 25.5 Å². The fourth-order valence-corrected chi connectivity index (χ4v) is 3.15. The second-order valence-electron chi connectivity index (χ2n) is 6.71. The number of piperazine rings is 1. The number of halogens is 1. The molecule has 0 unspecified atom stereocenters. The Kier molecular flexibility index (Phi) is 6.33. The van der Waals surface area contributed by atoms with Crippen LogP contribution in [-0.2, 0) is 6.54 Å². The van der Waals surface area contributed by atoms with Gasteiger partial charge in [0.05, 0.1) is 12.2 Å². The van der Waals surface area contributed by atoms with Gasteiger partial charge in [0.25, 0.3) is 0 Å². The lowest BCUT2D eigenvalue weighted by atomic mass is 10.2. The molecule has 1 aromatic heterocycles. The highest BCUT2D eigenvalue weighted by atomic mass is 19.1. The molecule has 0 bridgehead atoms. The van der Waals surface area contributed by atoms with Gasteiger partial charge in [0.2, 0.25) is 0 Å². The van der Waals surface area contributed by atoms with Crippen molar-refractivity contribution in [3.63, 3.8) is 0 Å². The Morgan fingerprint density at radius 1 is 1.15 bits per heavy atom. The van der Waals surface area contributed by atoms with Crippen LogP contribution in [0.1, 0.15) is 32.5 Å². The second kappa shape index (κ2) is 8.90. The van der Waals surface area contributed by atoms with Crippen molar-refractivity contribution in [2.24, 2.45) is 0 Å². The summed E-state index contributed by atoms with van der Waals surface area (Å²) in [5, 5.41) is 14.9. The van der Waals surface area contributed by atoms with Gasteiger partial charge in [-0.3, -0.25) is 4.90 Å². The lowest BCUT2D eigenvalue weighted by Crippen LogP contribution is -2.53. The molecule has 0 saturated carbocycles.